The van der Waals surface area contributed by atoms with E-state index < -0.39 is 16.6 Å². The predicted molar refractivity (Wildman–Crippen MR) is 132 cm³/mol. The van der Waals surface area contributed by atoms with Crippen LogP contribution in [0.1, 0.15) is 96.9 Å². The predicted octanol–water partition coefficient (Wildman–Crippen LogP) is 6.30. The van der Waals surface area contributed by atoms with Gasteiger partial charge in [0.25, 0.3) is 0 Å². The topological polar surface area (TPSA) is 80.9 Å². The average molecular weight is 532 g/mol. The van der Waals surface area contributed by atoms with Gasteiger partial charge in [-0.3, -0.25) is 0 Å². The van der Waals surface area contributed by atoms with Crippen LogP contribution in [0.3, 0.4) is 0 Å². The molecule has 0 fully saturated rings. The van der Waals surface area contributed by atoms with Crippen molar-refractivity contribution in [2.75, 3.05) is 13.2 Å². The molecular formula is C22H56O4Si2Zr. The molecule has 0 heterocycles. The van der Waals surface area contributed by atoms with Gasteiger partial charge < -0.3 is 19.8 Å². The molecule has 29 heavy (non-hydrogen) atoms. The molecule has 180 valence electrons. The van der Waals surface area contributed by atoms with Crippen LogP contribution < -0.4 is 0 Å². The number of hydrogen-bond donors (Lipinski definition) is 4. The Bertz CT molecular complexity index is 261. The third-order valence-corrected chi connectivity index (χ3v) is 16.6. The minimum Gasteiger partial charge on any atom is -0.431 e. The second kappa shape index (κ2) is 21.0. The molecule has 0 unspecified atom stereocenters. The zero-order chi connectivity index (χ0) is 23.9. The number of rotatable bonds is 6. The summed E-state index contributed by atoms with van der Waals surface area (Å²) in [5.74, 6) is 0. The molecule has 0 aliphatic rings. The number of hydrogen-bond acceptors (Lipinski definition) is 4. The second-order valence-corrected chi connectivity index (χ2v) is 19.8. The first-order valence-electron chi connectivity index (χ1n) is 11.2. The van der Waals surface area contributed by atoms with Crippen molar-refractivity contribution in [3.8, 4) is 0 Å². The molecule has 7 heteroatoms. The zero-order valence-electron chi connectivity index (χ0n) is 22.2. The minimum atomic E-state index is -1.98. The van der Waals surface area contributed by atoms with Gasteiger partial charge in [0.2, 0.25) is 0 Å². The molecule has 4 N–H and O–H groups in total. The fourth-order valence-corrected chi connectivity index (χ4v) is 12.0. The summed E-state index contributed by atoms with van der Waals surface area (Å²) in [7, 11) is -3.96. The largest absolute Gasteiger partial charge is 0.431 e. The van der Waals surface area contributed by atoms with Crippen LogP contribution in [-0.2, 0) is 26.2 Å². The summed E-state index contributed by atoms with van der Waals surface area (Å²) in [5, 5.41) is 15.1. The molecule has 0 aliphatic heterocycles. The van der Waals surface area contributed by atoms with Crippen molar-refractivity contribution in [2.45, 2.75) is 130 Å². The Morgan fingerprint density at radius 1 is 0.448 bits per heavy atom. The van der Waals surface area contributed by atoms with E-state index in [0.717, 1.165) is 0 Å². The quantitative estimate of drug-likeness (QED) is 0.303. The van der Waals surface area contributed by atoms with Crippen molar-refractivity contribution in [2.24, 2.45) is 0 Å². The first-order valence-corrected chi connectivity index (χ1v) is 15.5. The summed E-state index contributed by atoms with van der Waals surface area (Å²) in [6.45, 7) is 29.6. The van der Waals surface area contributed by atoms with E-state index >= 15 is 0 Å². The third kappa shape index (κ3) is 15.6. The van der Waals surface area contributed by atoms with Gasteiger partial charge in [-0.05, 0) is 47.1 Å². The summed E-state index contributed by atoms with van der Waals surface area (Å²) in [4.78, 5) is 20.8. The first kappa shape index (κ1) is 40.5. The van der Waals surface area contributed by atoms with Crippen LogP contribution >= 0.6 is 0 Å². The molecule has 0 atom stereocenters. The molecule has 0 aromatic carbocycles. The smallest absolute Gasteiger partial charge is 0.196 e. The van der Waals surface area contributed by atoms with E-state index in [1.807, 2.05) is 0 Å². The van der Waals surface area contributed by atoms with Crippen molar-refractivity contribution in [1.29, 1.82) is 0 Å². The Morgan fingerprint density at radius 2 is 0.517 bits per heavy atom. The van der Waals surface area contributed by atoms with Crippen LogP contribution in [-0.4, -0.2) is 49.7 Å². The fraction of sp³-hybridized carbons (Fsp3) is 1.00. The van der Waals surface area contributed by atoms with Gasteiger partial charge in [0.15, 0.2) is 16.6 Å². The Morgan fingerprint density at radius 3 is 0.517 bits per heavy atom. The fourth-order valence-electron chi connectivity index (χ4n) is 4.00. The van der Waals surface area contributed by atoms with Gasteiger partial charge in [-0.2, -0.15) is 0 Å². The Balaban J connectivity index is -0.000000101. The van der Waals surface area contributed by atoms with Gasteiger partial charge >= 0.3 is 0 Å². The maximum atomic E-state index is 10.4. The Labute approximate surface area is 205 Å². The summed E-state index contributed by atoms with van der Waals surface area (Å²) in [6.07, 6.45) is 0. The summed E-state index contributed by atoms with van der Waals surface area (Å²) in [5.41, 5.74) is 2.85. The van der Waals surface area contributed by atoms with E-state index in [0.29, 0.717) is 33.2 Å². The third-order valence-electron chi connectivity index (χ3n) is 5.55. The molecule has 0 aromatic heterocycles. The van der Waals surface area contributed by atoms with E-state index in [9.17, 15) is 9.59 Å². The van der Waals surface area contributed by atoms with Gasteiger partial charge in [-0.25, -0.2) is 0 Å². The van der Waals surface area contributed by atoms with Crippen molar-refractivity contribution < 1.29 is 46.0 Å². The van der Waals surface area contributed by atoms with E-state index in [1.165, 1.54) is 0 Å². The first-order chi connectivity index (χ1) is 12.5. The zero-order valence-corrected chi connectivity index (χ0v) is 26.6. The van der Waals surface area contributed by atoms with Crippen molar-refractivity contribution in [3.63, 3.8) is 0 Å². The van der Waals surface area contributed by atoms with E-state index in [2.05, 4.69) is 83.1 Å². The average Bonchev–Trinajstić information content (AvgIpc) is 2.53. The van der Waals surface area contributed by atoms with Crippen molar-refractivity contribution in [3.05, 3.63) is 0 Å². The normalized spacial score (nSPS) is 11.6. The molecule has 0 aliphatic carbocycles. The second-order valence-electron chi connectivity index (χ2n) is 9.34. The van der Waals surface area contributed by atoms with Crippen LogP contribution in [0.4, 0.5) is 0 Å². The maximum Gasteiger partial charge on any atom is 0.196 e. The van der Waals surface area contributed by atoms with Crippen LogP contribution in [0, 0.1) is 0 Å². The molecule has 4 nitrogen and oxygen atoms in total. The van der Waals surface area contributed by atoms with E-state index in [-0.39, 0.29) is 39.4 Å². The van der Waals surface area contributed by atoms with Gasteiger partial charge in [-0.15, -0.1) is 0 Å². The van der Waals surface area contributed by atoms with Gasteiger partial charge in [0.05, 0.1) is 0 Å². The minimum absolute atomic E-state index is 0. The molecule has 0 spiro atoms. The SMILES string of the molecule is CC(C)[Si](O)(C(C)C)C(C)C.CC(C)[Si](O)(C(C)C)C(C)C.CCO.CCO.[Zr]. The van der Waals surface area contributed by atoms with Crippen LogP contribution in [0.2, 0.25) is 33.2 Å². The van der Waals surface area contributed by atoms with Crippen LogP contribution in [0.5, 0.6) is 0 Å². The van der Waals surface area contributed by atoms with E-state index in [1.54, 1.807) is 13.8 Å². The summed E-state index contributed by atoms with van der Waals surface area (Å²) in [6, 6.07) is 0. The maximum absolute atomic E-state index is 10.4. The molecule has 0 rings (SSSR count). The molecule has 0 aromatic rings. The number of aliphatic hydroxyl groups excluding tert-OH is 2. The van der Waals surface area contributed by atoms with Crippen LogP contribution in [0.25, 0.3) is 0 Å². The summed E-state index contributed by atoms with van der Waals surface area (Å²) < 4.78 is 0. The Kier molecular flexibility index (Phi) is 29.4. The van der Waals surface area contributed by atoms with Gasteiger partial charge in [0, 0.05) is 39.4 Å². The van der Waals surface area contributed by atoms with Crippen molar-refractivity contribution in [1.82, 2.24) is 0 Å². The van der Waals surface area contributed by atoms with Gasteiger partial charge in [-0.1, -0.05) is 83.1 Å². The molecular weight excluding hydrogens is 476 g/mol. The number of aliphatic hydroxyl groups is 2. The van der Waals surface area contributed by atoms with Gasteiger partial charge in [0.1, 0.15) is 0 Å². The van der Waals surface area contributed by atoms with E-state index in [4.69, 9.17) is 10.2 Å². The molecule has 0 bridgehead atoms. The molecule has 0 saturated heterocycles. The molecule has 0 amide bonds. The molecule has 0 radical (unpaired) electrons. The summed E-state index contributed by atoms with van der Waals surface area (Å²) >= 11 is 0. The Hall–Kier alpha value is 1.16. The standard InChI is InChI=1S/2C9H22OSi.2C2H6O.Zr/c2*1-7(2)11(10,8(3)4)9(5)6;2*1-2-3;/h2*7-10H,1-6H3;2*3H,2H2,1H3;. The monoisotopic (exact) mass is 530 g/mol. The molecule has 0 saturated carbocycles. The van der Waals surface area contributed by atoms with Crippen molar-refractivity contribution >= 4 is 16.6 Å². The van der Waals surface area contributed by atoms with Crippen LogP contribution in [0.15, 0.2) is 0 Å².